The summed E-state index contributed by atoms with van der Waals surface area (Å²) in [6.07, 6.45) is 0.867. The summed E-state index contributed by atoms with van der Waals surface area (Å²) in [6.45, 7) is 4.22. The van der Waals surface area contributed by atoms with Crippen LogP contribution >= 0.6 is 0 Å². The molecule has 1 amide bonds. The van der Waals surface area contributed by atoms with E-state index in [9.17, 15) is 9.18 Å². The van der Waals surface area contributed by atoms with E-state index in [1.807, 2.05) is 6.92 Å². The number of amides is 1. The molecule has 0 atom stereocenters. The standard InChI is InChI=1S/C12H17FN2O/c1-4-5-15(3)12(16)9-6-10(13)8(2)11(14)7-9/h6-7H,4-5,14H2,1-3H3. The number of rotatable bonds is 3. The molecule has 88 valence electrons. The number of anilines is 1. The lowest BCUT2D eigenvalue weighted by Crippen LogP contribution is -2.27. The Labute approximate surface area is 95.0 Å². The number of nitrogen functional groups attached to an aromatic ring is 1. The van der Waals surface area contributed by atoms with Gasteiger partial charge in [0, 0.05) is 30.4 Å². The van der Waals surface area contributed by atoms with Crippen molar-refractivity contribution in [3.63, 3.8) is 0 Å². The minimum atomic E-state index is -0.437. The van der Waals surface area contributed by atoms with Gasteiger partial charge in [-0.25, -0.2) is 4.39 Å². The first-order chi connectivity index (χ1) is 7.47. The zero-order valence-electron chi connectivity index (χ0n) is 9.88. The maximum atomic E-state index is 13.4. The number of carbonyl (C=O) groups excluding carboxylic acids is 1. The van der Waals surface area contributed by atoms with E-state index in [2.05, 4.69) is 0 Å². The number of carbonyl (C=O) groups is 1. The van der Waals surface area contributed by atoms with Crippen molar-refractivity contribution in [2.75, 3.05) is 19.3 Å². The summed E-state index contributed by atoms with van der Waals surface area (Å²) in [5.41, 5.74) is 6.62. The van der Waals surface area contributed by atoms with Crippen LogP contribution in [0.3, 0.4) is 0 Å². The molecule has 1 rings (SSSR count). The normalized spacial score (nSPS) is 10.2. The van der Waals surface area contributed by atoms with Crippen molar-refractivity contribution in [3.05, 3.63) is 29.1 Å². The van der Waals surface area contributed by atoms with Crippen LogP contribution in [-0.2, 0) is 0 Å². The SMILES string of the molecule is CCCN(C)C(=O)c1cc(N)c(C)c(F)c1. The molecule has 0 radical (unpaired) electrons. The quantitative estimate of drug-likeness (QED) is 0.800. The van der Waals surface area contributed by atoms with Crippen LogP contribution in [0, 0.1) is 12.7 Å². The molecule has 0 aliphatic rings. The molecule has 0 saturated heterocycles. The van der Waals surface area contributed by atoms with Crippen molar-refractivity contribution in [3.8, 4) is 0 Å². The first kappa shape index (κ1) is 12.5. The summed E-state index contributed by atoms with van der Waals surface area (Å²) in [5, 5.41) is 0. The van der Waals surface area contributed by atoms with E-state index >= 15 is 0 Å². The molecule has 0 fully saturated rings. The minimum Gasteiger partial charge on any atom is -0.398 e. The highest BCUT2D eigenvalue weighted by atomic mass is 19.1. The van der Waals surface area contributed by atoms with Gasteiger partial charge < -0.3 is 10.6 Å². The van der Waals surface area contributed by atoms with E-state index in [1.165, 1.54) is 12.1 Å². The van der Waals surface area contributed by atoms with E-state index in [-0.39, 0.29) is 5.91 Å². The number of nitrogens with two attached hydrogens (primary N) is 1. The third kappa shape index (κ3) is 2.51. The molecule has 3 nitrogen and oxygen atoms in total. The van der Waals surface area contributed by atoms with Gasteiger partial charge in [0.25, 0.3) is 5.91 Å². The Bertz CT molecular complexity index is 381. The number of benzene rings is 1. The molecule has 16 heavy (non-hydrogen) atoms. The highest BCUT2D eigenvalue weighted by molar-refractivity contribution is 5.95. The fraction of sp³-hybridized carbons (Fsp3) is 0.417. The molecule has 4 heteroatoms. The molecule has 0 saturated carbocycles. The van der Waals surface area contributed by atoms with Crippen LogP contribution in [0.1, 0.15) is 29.3 Å². The average Bonchev–Trinajstić information content (AvgIpc) is 2.24. The average molecular weight is 224 g/mol. The zero-order valence-corrected chi connectivity index (χ0v) is 9.88. The summed E-state index contributed by atoms with van der Waals surface area (Å²) in [4.78, 5) is 13.4. The smallest absolute Gasteiger partial charge is 0.253 e. The summed E-state index contributed by atoms with van der Waals surface area (Å²) in [7, 11) is 1.69. The molecule has 0 spiro atoms. The maximum Gasteiger partial charge on any atom is 0.253 e. The molecule has 0 heterocycles. The molecule has 0 bridgehead atoms. The van der Waals surface area contributed by atoms with Gasteiger partial charge >= 0.3 is 0 Å². The Morgan fingerprint density at radius 3 is 2.62 bits per heavy atom. The number of hydrogen-bond acceptors (Lipinski definition) is 2. The van der Waals surface area contributed by atoms with Gasteiger partial charge in [-0.3, -0.25) is 4.79 Å². The van der Waals surface area contributed by atoms with Gasteiger partial charge in [-0.1, -0.05) is 6.92 Å². The lowest BCUT2D eigenvalue weighted by atomic mass is 10.1. The van der Waals surface area contributed by atoms with Crippen molar-refractivity contribution in [2.24, 2.45) is 0 Å². The lowest BCUT2D eigenvalue weighted by Gasteiger charge is -2.16. The van der Waals surface area contributed by atoms with Crippen LogP contribution in [-0.4, -0.2) is 24.4 Å². The molecule has 0 aliphatic carbocycles. The summed E-state index contributed by atoms with van der Waals surface area (Å²) >= 11 is 0. The molecule has 1 aromatic carbocycles. The Kier molecular flexibility index (Phi) is 3.88. The Morgan fingerprint density at radius 1 is 1.50 bits per heavy atom. The van der Waals surface area contributed by atoms with Crippen molar-refractivity contribution in [2.45, 2.75) is 20.3 Å². The third-order valence-corrected chi connectivity index (χ3v) is 2.54. The number of halogens is 1. The van der Waals surface area contributed by atoms with Gasteiger partial charge in [0.15, 0.2) is 0 Å². The van der Waals surface area contributed by atoms with Crippen LogP contribution in [0.2, 0.25) is 0 Å². The lowest BCUT2D eigenvalue weighted by molar-refractivity contribution is 0.0794. The third-order valence-electron chi connectivity index (χ3n) is 2.54. The van der Waals surface area contributed by atoms with Crippen LogP contribution < -0.4 is 5.73 Å². The minimum absolute atomic E-state index is 0.201. The van der Waals surface area contributed by atoms with Gasteiger partial charge in [-0.05, 0) is 25.5 Å². The molecule has 1 aromatic rings. The Morgan fingerprint density at radius 2 is 2.12 bits per heavy atom. The molecular weight excluding hydrogens is 207 g/mol. The predicted octanol–water partition coefficient (Wildman–Crippen LogP) is 2.20. The molecule has 0 unspecified atom stereocenters. The van der Waals surface area contributed by atoms with Crippen LogP contribution in [0.5, 0.6) is 0 Å². The van der Waals surface area contributed by atoms with Crippen LogP contribution in [0.4, 0.5) is 10.1 Å². The van der Waals surface area contributed by atoms with E-state index in [4.69, 9.17) is 5.73 Å². The Balaban J connectivity index is 3.01. The second-order valence-corrected chi connectivity index (χ2v) is 3.90. The van der Waals surface area contributed by atoms with Gasteiger partial charge in [-0.15, -0.1) is 0 Å². The Hall–Kier alpha value is -1.58. The zero-order chi connectivity index (χ0) is 12.3. The molecular formula is C12H17FN2O. The largest absolute Gasteiger partial charge is 0.398 e. The fourth-order valence-electron chi connectivity index (χ4n) is 1.48. The van der Waals surface area contributed by atoms with Crippen molar-refractivity contribution < 1.29 is 9.18 Å². The highest BCUT2D eigenvalue weighted by Crippen LogP contribution is 2.18. The van der Waals surface area contributed by atoms with Crippen molar-refractivity contribution in [1.29, 1.82) is 0 Å². The number of hydrogen-bond donors (Lipinski definition) is 1. The summed E-state index contributed by atoms with van der Waals surface area (Å²) in [5.74, 6) is -0.638. The fourth-order valence-corrected chi connectivity index (χ4v) is 1.48. The maximum absolute atomic E-state index is 13.4. The van der Waals surface area contributed by atoms with E-state index < -0.39 is 5.82 Å². The van der Waals surface area contributed by atoms with Crippen LogP contribution in [0.15, 0.2) is 12.1 Å². The second kappa shape index (κ2) is 4.96. The number of nitrogens with zero attached hydrogens (tertiary/aromatic N) is 1. The van der Waals surface area contributed by atoms with Gasteiger partial charge in [0.1, 0.15) is 5.82 Å². The van der Waals surface area contributed by atoms with E-state index in [1.54, 1.807) is 18.9 Å². The van der Waals surface area contributed by atoms with Gasteiger partial charge in [-0.2, -0.15) is 0 Å². The van der Waals surface area contributed by atoms with Gasteiger partial charge in [0.05, 0.1) is 0 Å². The summed E-state index contributed by atoms with van der Waals surface area (Å²) in [6, 6.07) is 2.76. The topological polar surface area (TPSA) is 46.3 Å². The van der Waals surface area contributed by atoms with Crippen molar-refractivity contribution >= 4 is 11.6 Å². The van der Waals surface area contributed by atoms with Crippen molar-refractivity contribution in [1.82, 2.24) is 4.90 Å². The van der Waals surface area contributed by atoms with Crippen LogP contribution in [0.25, 0.3) is 0 Å². The van der Waals surface area contributed by atoms with E-state index in [0.717, 1.165) is 6.42 Å². The first-order valence-electron chi connectivity index (χ1n) is 5.28. The molecule has 0 aromatic heterocycles. The molecule has 0 aliphatic heterocycles. The molecule has 2 N–H and O–H groups in total. The predicted molar refractivity (Wildman–Crippen MR) is 62.8 cm³/mol. The second-order valence-electron chi connectivity index (χ2n) is 3.90. The van der Waals surface area contributed by atoms with Gasteiger partial charge in [0.2, 0.25) is 0 Å². The monoisotopic (exact) mass is 224 g/mol. The van der Waals surface area contributed by atoms with E-state index in [0.29, 0.717) is 23.4 Å². The summed E-state index contributed by atoms with van der Waals surface area (Å²) < 4.78 is 13.4. The first-order valence-corrected chi connectivity index (χ1v) is 5.28. The highest BCUT2D eigenvalue weighted by Gasteiger charge is 2.14.